The molecule has 0 bridgehead atoms. The zero-order chi connectivity index (χ0) is 39.1. The third-order valence-corrected chi connectivity index (χ3v) is 12.4. The fourth-order valence-corrected chi connectivity index (χ4v) is 8.27. The average molecular weight is 821 g/mol. The Morgan fingerprint density at radius 3 is 1.06 bits per heavy atom. The van der Waals surface area contributed by atoms with E-state index < -0.39 is 40.5 Å². The van der Waals surface area contributed by atoms with Gasteiger partial charge in [-0.3, -0.25) is 18.2 Å². The Morgan fingerprint density at radius 1 is 0.426 bits per heavy atom. The monoisotopic (exact) mass is 820 g/mol. The fraction of sp³-hybridized carbons (Fsp3) is 0.235. The van der Waals surface area contributed by atoms with E-state index in [2.05, 4.69) is 0 Å². The molecule has 54 heavy (non-hydrogen) atoms. The van der Waals surface area contributed by atoms with Gasteiger partial charge in [0.2, 0.25) is 12.7 Å². The molecule has 2 heterocycles. The van der Waals surface area contributed by atoms with E-state index in [9.17, 15) is 51.9 Å². The van der Waals surface area contributed by atoms with E-state index >= 15 is 0 Å². The highest BCUT2D eigenvalue weighted by Crippen LogP contribution is 2.22. The average Bonchev–Trinajstić information content (AvgIpc) is 3.61. The van der Waals surface area contributed by atoms with E-state index in [-0.39, 0.29) is 32.7 Å². The maximum Gasteiger partial charge on any atom is 0.294 e. The highest BCUT2D eigenvalue weighted by Gasteiger charge is 2.22. The first-order chi connectivity index (χ1) is 25.3. The van der Waals surface area contributed by atoms with Crippen LogP contribution in [-0.2, 0) is 66.7 Å². The molecule has 0 spiro atoms. The zero-order valence-electron chi connectivity index (χ0n) is 28.4. The first-order valence-electron chi connectivity index (χ1n) is 16.4. The Hall–Kier alpha value is -4.54. The summed E-state index contributed by atoms with van der Waals surface area (Å²) in [5.41, 5.74) is 3.87. The summed E-state index contributed by atoms with van der Waals surface area (Å²) < 4.78 is 139. The number of rotatable bonds is 15. The van der Waals surface area contributed by atoms with Crippen molar-refractivity contribution in [3.8, 4) is 0 Å². The van der Waals surface area contributed by atoms with Gasteiger partial charge in [0.15, 0.2) is 22.1 Å². The summed E-state index contributed by atoms with van der Waals surface area (Å²) in [6, 6.07) is 19.9. The van der Waals surface area contributed by atoms with Crippen LogP contribution in [0.1, 0.15) is 36.8 Å². The Balaban J connectivity index is 1.15. The largest absolute Gasteiger partial charge is 0.294 e. The SMILES string of the molecule is O=S(=O)(O)c1ccc(Cn2c[n+](CCCCCC[n+]3cn(Cc4ccc(S(=O)(=O)O)cc4)c4cc(S(=O)(=O)O)ccc43)c3ccc(S(=O)(=O)O)cc32)cc1. The van der Waals surface area contributed by atoms with Gasteiger partial charge < -0.3 is 0 Å². The number of hydrogen-bond donors (Lipinski definition) is 4. The second kappa shape index (κ2) is 14.9. The quantitative estimate of drug-likeness (QED) is 0.0662. The van der Waals surface area contributed by atoms with Crippen molar-refractivity contribution in [2.24, 2.45) is 0 Å². The lowest BCUT2D eigenvalue weighted by Gasteiger charge is -2.02. The summed E-state index contributed by atoms with van der Waals surface area (Å²) >= 11 is 0. The Labute approximate surface area is 311 Å². The van der Waals surface area contributed by atoms with Gasteiger partial charge in [0.05, 0.1) is 32.7 Å². The molecule has 286 valence electrons. The van der Waals surface area contributed by atoms with E-state index in [1.807, 2.05) is 21.8 Å². The molecule has 0 atom stereocenters. The molecule has 0 amide bonds. The molecular formula is C34H36N4O12S4+2. The van der Waals surface area contributed by atoms with Crippen LogP contribution in [-0.4, -0.2) is 61.0 Å². The predicted molar refractivity (Wildman–Crippen MR) is 193 cm³/mol. The van der Waals surface area contributed by atoms with Gasteiger partial charge in [-0.15, -0.1) is 0 Å². The van der Waals surface area contributed by atoms with Crippen molar-refractivity contribution in [2.45, 2.75) is 71.4 Å². The molecule has 0 saturated heterocycles. The summed E-state index contributed by atoms with van der Waals surface area (Å²) in [6.07, 6.45) is 6.80. The zero-order valence-corrected chi connectivity index (χ0v) is 31.6. The minimum absolute atomic E-state index is 0.247. The van der Waals surface area contributed by atoms with Crippen molar-refractivity contribution in [3.63, 3.8) is 0 Å². The van der Waals surface area contributed by atoms with Crippen LogP contribution in [0, 0.1) is 0 Å². The van der Waals surface area contributed by atoms with Crippen LogP contribution in [0.4, 0.5) is 0 Å². The van der Waals surface area contributed by atoms with Crippen LogP contribution < -0.4 is 9.13 Å². The van der Waals surface area contributed by atoms with Crippen LogP contribution in [0.5, 0.6) is 0 Å². The number of benzene rings is 4. The Kier molecular flexibility index (Phi) is 10.8. The number of aromatic nitrogens is 4. The van der Waals surface area contributed by atoms with Gasteiger partial charge in [0, 0.05) is 12.1 Å². The van der Waals surface area contributed by atoms with E-state index in [1.54, 1.807) is 45.5 Å². The van der Waals surface area contributed by atoms with Crippen LogP contribution in [0.25, 0.3) is 22.1 Å². The molecule has 0 aliphatic heterocycles. The number of nitrogens with zero attached hydrogens (tertiary/aromatic N) is 4. The van der Waals surface area contributed by atoms with Crippen LogP contribution in [0.3, 0.4) is 0 Å². The molecule has 0 saturated carbocycles. The minimum Gasteiger partial charge on any atom is -0.282 e. The van der Waals surface area contributed by atoms with E-state index in [0.29, 0.717) is 35.2 Å². The van der Waals surface area contributed by atoms with Gasteiger partial charge in [-0.1, -0.05) is 24.3 Å². The van der Waals surface area contributed by atoms with Gasteiger partial charge in [-0.05, 0) is 85.3 Å². The first-order valence-corrected chi connectivity index (χ1v) is 22.2. The number of unbranched alkanes of at least 4 members (excludes halogenated alkanes) is 3. The summed E-state index contributed by atoms with van der Waals surface area (Å²) in [7, 11) is -17.7. The maximum absolute atomic E-state index is 11.9. The molecule has 0 aliphatic rings. The number of imidazole rings is 2. The van der Waals surface area contributed by atoms with Crippen molar-refractivity contribution in [1.82, 2.24) is 9.13 Å². The molecule has 4 N–H and O–H groups in total. The van der Waals surface area contributed by atoms with Crippen molar-refractivity contribution >= 4 is 62.5 Å². The molecule has 6 rings (SSSR count). The molecule has 0 unspecified atom stereocenters. The molecule has 2 aromatic heterocycles. The fourth-order valence-electron chi connectivity index (χ4n) is 6.31. The number of hydrogen-bond acceptors (Lipinski definition) is 8. The van der Waals surface area contributed by atoms with Gasteiger partial charge in [-0.25, -0.2) is 18.3 Å². The first kappa shape index (κ1) is 39.2. The second-order valence-electron chi connectivity index (χ2n) is 12.8. The highest BCUT2D eigenvalue weighted by atomic mass is 32.2. The molecule has 16 nitrogen and oxygen atoms in total. The van der Waals surface area contributed by atoms with Crippen LogP contribution in [0.15, 0.2) is 117 Å². The highest BCUT2D eigenvalue weighted by molar-refractivity contribution is 7.86. The molecule has 6 aromatic rings. The third kappa shape index (κ3) is 9.04. The topological polar surface area (TPSA) is 235 Å². The van der Waals surface area contributed by atoms with Crippen LogP contribution >= 0.6 is 0 Å². The van der Waals surface area contributed by atoms with Crippen molar-refractivity contribution in [1.29, 1.82) is 0 Å². The molecule has 0 aliphatic carbocycles. The van der Waals surface area contributed by atoms with E-state index in [0.717, 1.165) is 36.7 Å². The second-order valence-corrected chi connectivity index (χ2v) is 18.5. The lowest BCUT2D eigenvalue weighted by atomic mass is 10.2. The molecule has 0 radical (unpaired) electrons. The van der Waals surface area contributed by atoms with E-state index in [1.165, 1.54) is 48.5 Å². The minimum atomic E-state index is -4.48. The third-order valence-electron chi connectivity index (χ3n) is 8.98. The summed E-state index contributed by atoms with van der Waals surface area (Å²) in [5, 5.41) is 0. The summed E-state index contributed by atoms with van der Waals surface area (Å²) in [4.78, 5) is -1.05. The summed E-state index contributed by atoms with van der Waals surface area (Å²) in [6.45, 7) is 1.66. The lowest BCUT2D eigenvalue weighted by Crippen LogP contribution is -2.33. The molecule has 4 aromatic carbocycles. The van der Waals surface area contributed by atoms with Gasteiger partial charge in [0.1, 0.15) is 13.1 Å². The summed E-state index contributed by atoms with van der Waals surface area (Å²) in [5.74, 6) is 0. The van der Waals surface area contributed by atoms with Crippen molar-refractivity contribution < 1.29 is 61.0 Å². The van der Waals surface area contributed by atoms with Gasteiger partial charge >= 0.3 is 0 Å². The lowest BCUT2D eigenvalue weighted by molar-refractivity contribution is -0.674. The smallest absolute Gasteiger partial charge is 0.282 e. The van der Waals surface area contributed by atoms with Crippen molar-refractivity contribution in [2.75, 3.05) is 0 Å². The van der Waals surface area contributed by atoms with Crippen molar-refractivity contribution in [3.05, 3.63) is 109 Å². The van der Waals surface area contributed by atoms with Crippen LogP contribution in [0.2, 0.25) is 0 Å². The predicted octanol–water partition coefficient (Wildman–Crippen LogP) is 3.52. The molecule has 20 heteroatoms. The van der Waals surface area contributed by atoms with Gasteiger partial charge in [-0.2, -0.15) is 33.7 Å². The Bertz CT molecular complexity index is 2620. The maximum atomic E-state index is 11.9. The molecular weight excluding hydrogens is 785 g/mol. The van der Waals surface area contributed by atoms with Gasteiger partial charge in [0.25, 0.3) is 40.5 Å². The standard InChI is InChI=1S/C34H34N4O12S4/c39-51(40,41)27-9-5-25(6-10-27)21-37-23-35(31-15-13-29(19-33(31)37)53(45,46)47)17-3-1-2-4-18-36-24-38(22-26-7-11-28(12-8-26)52(42,43)44)34-20-30(54(48,49)50)14-16-32(34)36/h5-16,19-20,23-24H,1-4,17-18,21-22H2,(H2-2,39,40,41,42,43,44,45,46,47,48,49,50)/p+2. The number of fused-ring (bicyclic) bond motifs is 2. The Morgan fingerprint density at radius 2 is 0.741 bits per heavy atom. The number of aryl methyl sites for hydroxylation is 2. The molecule has 0 fully saturated rings. The van der Waals surface area contributed by atoms with E-state index in [4.69, 9.17) is 0 Å². The normalized spacial score (nSPS) is 12.9.